The quantitative estimate of drug-likeness (QED) is 0.939. The normalized spacial score (nSPS) is 10.6. The molecule has 0 unspecified atom stereocenters. The SMILES string of the molecule is Cc1c(CC(=O)O)nnn1-c1ccc(Br)c(Cl)c1. The second-order valence-electron chi connectivity index (χ2n) is 3.70. The first-order valence-electron chi connectivity index (χ1n) is 5.07. The topological polar surface area (TPSA) is 68.0 Å². The first-order chi connectivity index (χ1) is 8.49. The molecule has 0 atom stereocenters. The van der Waals surface area contributed by atoms with Crippen LogP contribution in [-0.2, 0) is 11.2 Å². The van der Waals surface area contributed by atoms with E-state index in [9.17, 15) is 4.79 Å². The zero-order chi connectivity index (χ0) is 13.3. The highest BCUT2D eigenvalue weighted by molar-refractivity contribution is 9.10. The van der Waals surface area contributed by atoms with Crippen molar-refractivity contribution in [3.8, 4) is 5.69 Å². The van der Waals surface area contributed by atoms with E-state index in [1.54, 1.807) is 23.7 Å². The van der Waals surface area contributed by atoms with Crippen LogP contribution in [0.25, 0.3) is 5.69 Å². The summed E-state index contributed by atoms with van der Waals surface area (Å²) in [5, 5.41) is 17.1. The molecule has 0 spiro atoms. The molecule has 0 saturated carbocycles. The van der Waals surface area contributed by atoms with Crippen molar-refractivity contribution in [3.05, 3.63) is 39.1 Å². The molecular weight excluding hydrogens is 321 g/mol. The number of carbonyl (C=O) groups is 1. The molecule has 0 bridgehead atoms. The predicted molar refractivity (Wildman–Crippen MR) is 70.1 cm³/mol. The van der Waals surface area contributed by atoms with Gasteiger partial charge in [0.2, 0.25) is 0 Å². The Morgan fingerprint density at radius 2 is 2.28 bits per heavy atom. The van der Waals surface area contributed by atoms with E-state index in [4.69, 9.17) is 16.7 Å². The number of rotatable bonds is 3. The number of hydrogen-bond donors (Lipinski definition) is 1. The van der Waals surface area contributed by atoms with E-state index in [2.05, 4.69) is 26.2 Å². The Hall–Kier alpha value is -1.40. The number of carboxylic acids is 1. The summed E-state index contributed by atoms with van der Waals surface area (Å²) in [6.07, 6.45) is -0.143. The first kappa shape index (κ1) is 13.0. The molecule has 0 fully saturated rings. The van der Waals surface area contributed by atoms with Gasteiger partial charge in [-0.2, -0.15) is 0 Å². The van der Waals surface area contributed by atoms with Crippen molar-refractivity contribution in [2.75, 3.05) is 0 Å². The summed E-state index contributed by atoms with van der Waals surface area (Å²) >= 11 is 9.31. The zero-order valence-electron chi connectivity index (χ0n) is 9.39. The van der Waals surface area contributed by atoms with E-state index in [0.717, 1.165) is 10.2 Å². The summed E-state index contributed by atoms with van der Waals surface area (Å²) in [5.74, 6) is -0.931. The van der Waals surface area contributed by atoms with Crippen LogP contribution in [0.5, 0.6) is 0 Å². The smallest absolute Gasteiger partial charge is 0.309 e. The third-order valence-corrected chi connectivity index (χ3v) is 3.69. The molecule has 2 rings (SSSR count). The summed E-state index contributed by atoms with van der Waals surface area (Å²) in [7, 11) is 0. The monoisotopic (exact) mass is 329 g/mol. The van der Waals surface area contributed by atoms with Crippen LogP contribution < -0.4 is 0 Å². The Morgan fingerprint density at radius 3 is 2.89 bits per heavy atom. The Labute approximate surface area is 117 Å². The molecule has 1 heterocycles. The van der Waals surface area contributed by atoms with E-state index in [1.807, 2.05) is 6.07 Å². The lowest BCUT2D eigenvalue weighted by Gasteiger charge is -2.04. The number of aliphatic carboxylic acids is 1. The van der Waals surface area contributed by atoms with E-state index in [0.29, 0.717) is 16.4 Å². The van der Waals surface area contributed by atoms with E-state index < -0.39 is 5.97 Å². The summed E-state index contributed by atoms with van der Waals surface area (Å²) in [5.41, 5.74) is 1.88. The van der Waals surface area contributed by atoms with Crippen LogP contribution in [0.4, 0.5) is 0 Å². The van der Waals surface area contributed by atoms with Crippen LogP contribution in [-0.4, -0.2) is 26.1 Å². The summed E-state index contributed by atoms with van der Waals surface area (Å²) in [6.45, 7) is 1.77. The average molecular weight is 331 g/mol. The Kier molecular flexibility index (Phi) is 3.68. The number of nitrogens with zero attached hydrogens (tertiary/aromatic N) is 3. The van der Waals surface area contributed by atoms with Crippen LogP contribution in [0.1, 0.15) is 11.4 Å². The molecule has 0 saturated heterocycles. The van der Waals surface area contributed by atoms with Crippen molar-refractivity contribution < 1.29 is 9.90 Å². The third-order valence-electron chi connectivity index (χ3n) is 2.46. The Balaban J connectivity index is 2.42. The van der Waals surface area contributed by atoms with Crippen LogP contribution in [0.3, 0.4) is 0 Å². The lowest BCUT2D eigenvalue weighted by atomic mass is 10.2. The minimum Gasteiger partial charge on any atom is -0.481 e. The number of benzene rings is 1. The highest BCUT2D eigenvalue weighted by Gasteiger charge is 2.13. The average Bonchev–Trinajstić information content (AvgIpc) is 2.64. The highest BCUT2D eigenvalue weighted by atomic mass is 79.9. The van der Waals surface area contributed by atoms with Crippen molar-refractivity contribution >= 4 is 33.5 Å². The van der Waals surface area contributed by atoms with Crippen LogP contribution in [0.15, 0.2) is 22.7 Å². The molecule has 0 aliphatic rings. The van der Waals surface area contributed by atoms with Crippen molar-refractivity contribution in [2.24, 2.45) is 0 Å². The van der Waals surface area contributed by atoms with Gasteiger partial charge in [0.05, 0.1) is 28.5 Å². The fourth-order valence-electron chi connectivity index (χ4n) is 1.53. The molecule has 1 N–H and O–H groups in total. The number of hydrogen-bond acceptors (Lipinski definition) is 3. The second-order valence-corrected chi connectivity index (χ2v) is 4.96. The molecule has 0 aliphatic heterocycles. The summed E-state index contributed by atoms with van der Waals surface area (Å²) < 4.78 is 2.35. The standard InChI is InChI=1S/C11H9BrClN3O2/c1-6-10(5-11(17)18)14-15-16(6)7-2-3-8(12)9(13)4-7/h2-4H,5H2,1H3,(H,17,18). The van der Waals surface area contributed by atoms with Crippen LogP contribution in [0.2, 0.25) is 5.02 Å². The van der Waals surface area contributed by atoms with Gasteiger partial charge in [0, 0.05) is 4.47 Å². The minimum atomic E-state index is -0.931. The van der Waals surface area contributed by atoms with Crippen molar-refractivity contribution in [2.45, 2.75) is 13.3 Å². The molecule has 7 heteroatoms. The van der Waals surface area contributed by atoms with E-state index in [-0.39, 0.29) is 6.42 Å². The van der Waals surface area contributed by atoms with Gasteiger partial charge in [-0.1, -0.05) is 16.8 Å². The molecule has 94 valence electrons. The van der Waals surface area contributed by atoms with Crippen LogP contribution in [0, 0.1) is 6.92 Å². The molecule has 1 aromatic heterocycles. The molecule has 0 radical (unpaired) electrons. The molecular formula is C11H9BrClN3O2. The van der Waals surface area contributed by atoms with Crippen molar-refractivity contribution in [1.82, 2.24) is 15.0 Å². The van der Waals surface area contributed by atoms with Crippen molar-refractivity contribution in [3.63, 3.8) is 0 Å². The largest absolute Gasteiger partial charge is 0.481 e. The lowest BCUT2D eigenvalue weighted by Crippen LogP contribution is -2.03. The van der Waals surface area contributed by atoms with E-state index in [1.165, 1.54) is 0 Å². The Morgan fingerprint density at radius 1 is 1.56 bits per heavy atom. The van der Waals surface area contributed by atoms with Gasteiger partial charge < -0.3 is 5.11 Å². The van der Waals surface area contributed by atoms with Crippen molar-refractivity contribution in [1.29, 1.82) is 0 Å². The Bertz CT molecular complexity index is 612. The summed E-state index contributed by atoms with van der Waals surface area (Å²) in [6, 6.07) is 5.36. The molecule has 2 aromatic rings. The summed E-state index contributed by atoms with van der Waals surface area (Å²) in [4.78, 5) is 10.7. The van der Waals surface area contributed by atoms with Gasteiger partial charge in [-0.05, 0) is 41.1 Å². The predicted octanol–water partition coefficient (Wildman–Crippen LogP) is 2.62. The van der Waals surface area contributed by atoms with E-state index >= 15 is 0 Å². The van der Waals surface area contributed by atoms with Gasteiger partial charge >= 0.3 is 5.97 Å². The number of carboxylic acid groups (broad SMARTS) is 1. The maximum absolute atomic E-state index is 10.7. The van der Waals surface area contributed by atoms with Gasteiger partial charge in [-0.25, -0.2) is 4.68 Å². The fourth-order valence-corrected chi connectivity index (χ4v) is 1.95. The van der Waals surface area contributed by atoms with Gasteiger partial charge in [0.25, 0.3) is 0 Å². The minimum absolute atomic E-state index is 0.143. The number of aromatic nitrogens is 3. The lowest BCUT2D eigenvalue weighted by molar-refractivity contribution is -0.136. The molecule has 0 aliphatic carbocycles. The van der Waals surface area contributed by atoms with Crippen LogP contribution >= 0.6 is 27.5 Å². The van der Waals surface area contributed by atoms with Gasteiger partial charge in [0.1, 0.15) is 0 Å². The van der Waals surface area contributed by atoms with Gasteiger partial charge in [0.15, 0.2) is 0 Å². The second kappa shape index (κ2) is 5.07. The fraction of sp³-hybridized carbons (Fsp3) is 0.182. The first-order valence-corrected chi connectivity index (χ1v) is 6.24. The van der Waals surface area contributed by atoms with Gasteiger partial charge in [-0.3, -0.25) is 4.79 Å². The third kappa shape index (κ3) is 2.54. The maximum Gasteiger partial charge on any atom is 0.309 e. The molecule has 1 aromatic carbocycles. The van der Waals surface area contributed by atoms with Gasteiger partial charge in [-0.15, -0.1) is 5.10 Å². The molecule has 0 amide bonds. The molecule has 18 heavy (non-hydrogen) atoms. The zero-order valence-corrected chi connectivity index (χ0v) is 11.7. The maximum atomic E-state index is 10.7. The highest BCUT2D eigenvalue weighted by Crippen LogP contribution is 2.25. The molecule has 5 nitrogen and oxygen atoms in total. The number of halogens is 2.